The Morgan fingerprint density at radius 3 is 2.64 bits per heavy atom. The predicted molar refractivity (Wildman–Crippen MR) is 51.8 cm³/mol. The zero-order chi connectivity index (χ0) is 8.43. The Hall–Kier alpha value is 0.155. The number of nitrogens with zero attached hydrogens (tertiary/aromatic N) is 1. The van der Waals surface area contributed by atoms with Crippen LogP contribution in [0.4, 0.5) is 0 Å². The maximum Gasteiger partial charge on any atom is 0.491 e. The highest BCUT2D eigenvalue weighted by Gasteiger charge is 2.14. The lowest BCUT2D eigenvalue weighted by Gasteiger charge is -2.00. The summed E-state index contributed by atoms with van der Waals surface area (Å²) in [6.07, 6.45) is 1.34. The molecule has 11 heavy (non-hydrogen) atoms. The molecule has 1 aromatic rings. The second-order valence-corrected chi connectivity index (χ2v) is 3.45. The lowest BCUT2D eigenvalue weighted by Crippen LogP contribution is -2.32. The van der Waals surface area contributed by atoms with Crippen molar-refractivity contribution in [1.29, 1.82) is 0 Å². The van der Waals surface area contributed by atoms with Crippen LogP contribution in [0.25, 0.3) is 0 Å². The predicted octanol–water partition coefficient (Wildman–Crippen LogP) is 0.0194. The summed E-state index contributed by atoms with van der Waals surface area (Å²) in [4.78, 5) is 3.70. The second-order valence-electron chi connectivity index (χ2n) is 1.90. The summed E-state index contributed by atoms with van der Waals surface area (Å²) in [5, 5.41) is 17.9. The number of rotatable bonds is 1. The Balaban J connectivity index is 3.09. The fourth-order valence-corrected chi connectivity index (χ4v) is 1.66. The van der Waals surface area contributed by atoms with Crippen molar-refractivity contribution in [2.45, 2.75) is 0 Å². The molecule has 0 atom stereocenters. The molecule has 0 aliphatic heterocycles. The number of aromatic nitrogens is 1. The summed E-state index contributed by atoms with van der Waals surface area (Å²) in [5.74, 6) is 0. The fraction of sp³-hybridized carbons (Fsp3) is 0. The van der Waals surface area contributed by atoms with E-state index in [1.807, 2.05) is 22.6 Å². The molecule has 58 valence electrons. The molecule has 0 aliphatic rings. The van der Waals surface area contributed by atoms with Gasteiger partial charge in [-0.15, -0.1) is 0 Å². The first kappa shape index (κ1) is 9.24. The topological polar surface area (TPSA) is 53.4 Å². The summed E-state index contributed by atoms with van der Waals surface area (Å²) in [7, 11) is -1.48. The summed E-state index contributed by atoms with van der Waals surface area (Å²) in [6, 6.07) is 1.57. The highest BCUT2D eigenvalue weighted by molar-refractivity contribution is 14.1. The van der Waals surface area contributed by atoms with Crippen LogP contribution in [0.15, 0.2) is 12.3 Å². The third-order valence-corrected chi connectivity index (χ3v) is 2.27. The van der Waals surface area contributed by atoms with Gasteiger partial charge in [0.05, 0.1) is 0 Å². The van der Waals surface area contributed by atoms with E-state index in [4.69, 9.17) is 21.6 Å². The fourth-order valence-electron chi connectivity index (χ4n) is 0.608. The highest BCUT2D eigenvalue weighted by Crippen LogP contribution is 2.07. The van der Waals surface area contributed by atoms with E-state index in [2.05, 4.69) is 4.98 Å². The van der Waals surface area contributed by atoms with Gasteiger partial charge in [-0.1, -0.05) is 11.6 Å². The van der Waals surface area contributed by atoms with Gasteiger partial charge < -0.3 is 10.0 Å². The minimum atomic E-state index is -1.48. The number of halogens is 2. The molecule has 0 aliphatic carbocycles. The van der Waals surface area contributed by atoms with Gasteiger partial charge in [0, 0.05) is 15.2 Å². The SMILES string of the molecule is OB(O)c1cnc(Cl)cc1I. The molecule has 2 N–H and O–H groups in total. The van der Waals surface area contributed by atoms with Crippen molar-refractivity contribution in [2.24, 2.45) is 0 Å². The molecule has 0 amide bonds. The van der Waals surface area contributed by atoms with Crippen molar-refractivity contribution in [1.82, 2.24) is 4.98 Å². The van der Waals surface area contributed by atoms with Gasteiger partial charge in [-0.2, -0.15) is 0 Å². The molecule has 0 fully saturated rings. The summed E-state index contributed by atoms with van der Waals surface area (Å²) < 4.78 is 0.692. The lowest BCUT2D eigenvalue weighted by atomic mass is 9.82. The van der Waals surface area contributed by atoms with E-state index >= 15 is 0 Å². The Morgan fingerprint density at radius 1 is 1.55 bits per heavy atom. The molecule has 3 nitrogen and oxygen atoms in total. The van der Waals surface area contributed by atoms with Crippen molar-refractivity contribution in [3.05, 3.63) is 21.0 Å². The van der Waals surface area contributed by atoms with Gasteiger partial charge in [0.25, 0.3) is 0 Å². The van der Waals surface area contributed by atoms with Crippen molar-refractivity contribution in [3.63, 3.8) is 0 Å². The van der Waals surface area contributed by atoms with Gasteiger partial charge >= 0.3 is 7.12 Å². The Labute approximate surface area is 82.7 Å². The van der Waals surface area contributed by atoms with Gasteiger partial charge in [-0.25, -0.2) is 4.98 Å². The normalized spacial score (nSPS) is 9.82. The third kappa shape index (κ3) is 2.29. The average molecular weight is 283 g/mol. The van der Waals surface area contributed by atoms with Crippen LogP contribution >= 0.6 is 34.2 Å². The Morgan fingerprint density at radius 2 is 2.18 bits per heavy atom. The van der Waals surface area contributed by atoms with Crippen LogP contribution in [-0.2, 0) is 0 Å². The maximum absolute atomic E-state index is 8.76. The standard InChI is InChI=1S/C5H4BClINO2/c7-5-1-4(8)3(2-9-5)6(10)11/h1-2,10-11H. The van der Waals surface area contributed by atoms with Crippen molar-refractivity contribution in [3.8, 4) is 0 Å². The van der Waals surface area contributed by atoms with E-state index in [1.165, 1.54) is 6.20 Å². The van der Waals surface area contributed by atoms with E-state index in [0.29, 0.717) is 14.2 Å². The molecular weight excluding hydrogens is 279 g/mol. The summed E-state index contributed by atoms with van der Waals surface area (Å²) >= 11 is 7.50. The molecule has 0 saturated heterocycles. The van der Waals surface area contributed by atoms with E-state index < -0.39 is 7.12 Å². The van der Waals surface area contributed by atoms with Gasteiger partial charge in [0.1, 0.15) is 5.15 Å². The average Bonchev–Trinajstić information content (AvgIpc) is 1.85. The van der Waals surface area contributed by atoms with Crippen molar-refractivity contribution in [2.75, 3.05) is 0 Å². The molecule has 0 spiro atoms. The van der Waals surface area contributed by atoms with Gasteiger partial charge in [0.15, 0.2) is 0 Å². The first-order chi connectivity index (χ1) is 5.11. The zero-order valence-electron chi connectivity index (χ0n) is 5.33. The molecule has 0 bridgehead atoms. The van der Waals surface area contributed by atoms with Crippen LogP contribution in [0, 0.1) is 3.57 Å². The van der Waals surface area contributed by atoms with Gasteiger partial charge in [-0.05, 0) is 28.7 Å². The van der Waals surface area contributed by atoms with E-state index in [-0.39, 0.29) is 0 Å². The molecule has 0 saturated carbocycles. The van der Waals surface area contributed by atoms with Crippen molar-refractivity contribution >= 4 is 46.8 Å². The lowest BCUT2D eigenvalue weighted by molar-refractivity contribution is 0.425. The molecule has 0 radical (unpaired) electrons. The van der Waals surface area contributed by atoms with Crippen molar-refractivity contribution < 1.29 is 10.0 Å². The molecule has 1 aromatic heterocycles. The minimum absolute atomic E-state index is 0.346. The van der Waals surface area contributed by atoms with Crippen LogP contribution in [0.1, 0.15) is 0 Å². The van der Waals surface area contributed by atoms with E-state index in [9.17, 15) is 0 Å². The smallest absolute Gasteiger partial charge is 0.423 e. The first-order valence-electron chi connectivity index (χ1n) is 2.78. The van der Waals surface area contributed by atoms with Gasteiger partial charge in [-0.3, -0.25) is 0 Å². The molecule has 0 aromatic carbocycles. The summed E-state index contributed by atoms with van der Waals surface area (Å²) in [5.41, 5.74) is 0.370. The highest BCUT2D eigenvalue weighted by atomic mass is 127. The quantitative estimate of drug-likeness (QED) is 0.434. The molecule has 0 unspecified atom stereocenters. The Bertz CT molecular complexity index is 271. The molecule has 1 rings (SSSR count). The van der Waals surface area contributed by atoms with Gasteiger partial charge in [0.2, 0.25) is 0 Å². The molecular formula is C5H4BClINO2. The minimum Gasteiger partial charge on any atom is -0.423 e. The maximum atomic E-state index is 8.76. The van der Waals surface area contributed by atoms with Crippen LogP contribution in [-0.4, -0.2) is 22.2 Å². The third-order valence-electron chi connectivity index (χ3n) is 1.13. The number of hydrogen-bond acceptors (Lipinski definition) is 3. The molecule has 1 heterocycles. The first-order valence-corrected chi connectivity index (χ1v) is 4.24. The number of pyridine rings is 1. The van der Waals surface area contributed by atoms with E-state index in [0.717, 1.165) is 0 Å². The zero-order valence-corrected chi connectivity index (χ0v) is 8.24. The van der Waals surface area contributed by atoms with Crippen LogP contribution in [0.3, 0.4) is 0 Å². The largest absolute Gasteiger partial charge is 0.491 e. The monoisotopic (exact) mass is 283 g/mol. The van der Waals surface area contributed by atoms with Crippen LogP contribution in [0.5, 0.6) is 0 Å². The van der Waals surface area contributed by atoms with Crippen LogP contribution < -0.4 is 5.46 Å². The van der Waals surface area contributed by atoms with E-state index in [1.54, 1.807) is 6.07 Å². The molecule has 6 heteroatoms. The number of hydrogen-bond donors (Lipinski definition) is 2. The Kier molecular flexibility index (Phi) is 3.11. The summed E-state index contributed by atoms with van der Waals surface area (Å²) in [6.45, 7) is 0. The van der Waals surface area contributed by atoms with Crippen LogP contribution in [0.2, 0.25) is 5.15 Å². The second kappa shape index (κ2) is 3.71.